The summed E-state index contributed by atoms with van der Waals surface area (Å²) >= 11 is 0. The lowest BCUT2D eigenvalue weighted by Gasteiger charge is -2.51. The first-order valence-corrected chi connectivity index (χ1v) is 8.74. The van der Waals surface area contributed by atoms with Gasteiger partial charge in [-0.15, -0.1) is 0 Å². The van der Waals surface area contributed by atoms with Gasteiger partial charge >= 0.3 is 0 Å². The molecule has 3 heterocycles. The number of likely N-dealkylation sites (N-methyl/N-ethyl adjacent to an activating group) is 1. The van der Waals surface area contributed by atoms with E-state index in [1.165, 1.54) is 6.07 Å². The second kappa shape index (κ2) is 6.69. The summed E-state index contributed by atoms with van der Waals surface area (Å²) in [7, 11) is 2.15. The van der Waals surface area contributed by atoms with Crippen molar-refractivity contribution in [1.29, 1.82) is 0 Å². The van der Waals surface area contributed by atoms with Crippen LogP contribution in [-0.2, 0) is 4.74 Å². The molecule has 2 saturated heterocycles. The van der Waals surface area contributed by atoms with Crippen LogP contribution < -0.4 is 5.56 Å². The predicted molar refractivity (Wildman–Crippen MR) is 92.5 cm³/mol. The van der Waals surface area contributed by atoms with Gasteiger partial charge in [0, 0.05) is 50.1 Å². The number of aromatic nitrogens is 1. The molecule has 0 radical (unpaired) electrons. The number of carbonyl (C=O) groups excluding carboxylic acids is 1. The van der Waals surface area contributed by atoms with Crippen molar-refractivity contribution >= 4 is 5.91 Å². The van der Waals surface area contributed by atoms with Crippen molar-refractivity contribution in [2.45, 2.75) is 38.1 Å². The first-order chi connectivity index (χ1) is 11.4. The van der Waals surface area contributed by atoms with Gasteiger partial charge in [0.25, 0.3) is 5.91 Å². The third-order valence-corrected chi connectivity index (χ3v) is 5.47. The molecule has 0 aromatic carbocycles. The molecule has 0 saturated carbocycles. The third-order valence-electron chi connectivity index (χ3n) is 5.47. The molecule has 6 heteroatoms. The lowest BCUT2D eigenvalue weighted by atomic mass is 9.85. The zero-order valence-corrected chi connectivity index (χ0v) is 14.8. The van der Waals surface area contributed by atoms with Gasteiger partial charge in [0.2, 0.25) is 5.56 Å². The zero-order valence-electron chi connectivity index (χ0n) is 14.8. The average Bonchev–Trinajstić information content (AvgIpc) is 2.57. The number of piperazine rings is 1. The minimum atomic E-state index is -0.158. The van der Waals surface area contributed by atoms with Crippen LogP contribution in [0.4, 0.5) is 0 Å². The summed E-state index contributed by atoms with van der Waals surface area (Å²) in [5.41, 5.74) is 1.21. The minimum absolute atomic E-state index is 0.0202. The highest BCUT2D eigenvalue weighted by Gasteiger charge is 2.42. The maximum absolute atomic E-state index is 13.1. The average molecular weight is 333 g/mol. The molecule has 1 amide bonds. The lowest BCUT2D eigenvalue weighted by Crippen LogP contribution is -2.63. The van der Waals surface area contributed by atoms with Gasteiger partial charge in [-0.05, 0) is 31.9 Å². The molecule has 0 atom stereocenters. The molecule has 1 N–H and O–H groups in total. The smallest absolute Gasteiger partial charge is 0.255 e. The Hall–Kier alpha value is -1.66. The first kappa shape index (κ1) is 17.2. The summed E-state index contributed by atoms with van der Waals surface area (Å²) in [5.74, 6) is 0.122. The number of hydrogen-bond donors (Lipinski definition) is 1. The first-order valence-electron chi connectivity index (χ1n) is 8.74. The van der Waals surface area contributed by atoms with Crippen molar-refractivity contribution in [3.05, 3.63) is 33.7 Å². The molecule has 1 aromatic rings. The number of nitrogens with one attached hydrogen (secondary N) is 1. The number of carbonyl (C=O) groups is 1. The molecule has 0 bridgehead atoms. The van der Waals surface area contributed by atoms with Crippen molar-refractivity contribution in [2.24, 2.45) is 0 Å². The fourth-order valence-corrected chi connectivity index (χ4v) is 3.83. The van der Waals surface area contributed by atoms with E-state index in [0.717, 1.165) is 44.8 Å². The number of aromatic amines is 1. The monoisotopic (exact) mass is 333 g/mol. The highest BCUT2D eigenvalue weighted by Crippen LogP contribution is 2.31. The molecule has 6 nitrogen and oxygen atoms in total. The Morgan fingerprint density at radius 1 is 1.25 bits per heavy atom. The van der Waals surface area contributed by atoms with E-state index < -0.39 is 0 Å². The van der Waals surface area contributed by atoms with Crippen LogP contribution in [0.5, 0.6) is 0 Å². The van der Waals surface area contributed by atoms with Crippen molar-refractivity contribution < 1.29 is 9.53 Å². The van der Waals surface area contributed by atoms with Gasteiger partial charge in [-0.25, -0.2) is 0 Å². The number of pyridine rings is 1. The second-order valence-corrected chi connectivity index (χ2v) is 7.29. The van der Waals surface area contributed by atoms with Crippen LogP contribution in [0.15, 0.2) is 16.9 Å². The Morgan fingerprint density at radius 3 is 2.62 bits per heavy atom. The van der Waals surface area contributed by atoms with Gasteiger partial charge in [-0.2, -0.15) is 0 Å². The molecule has 2 aliphatic heterocycles. The highest BCUT2D eigenvalue weighted by molar-refractivity contribution is 5.95. The molecular weight excluding hydrogens is 306 g/mol. The Labute approximate surface area is 142 Å². The standard InChI is InChI=1S/C18H27N3O3/c1-13(2)16-14(4-5-15(22)19-16)17(23)21-9-8-20(3)18(12-21)6-10-24-11-7-18/h4-5,13H,6-12H2,1-3H3,(H,19,22). The van der Waals surface area contributed by atoms with Crippen LogP contribution in [0.3, 0.4) is 0 Å². The normalized spacial score (nSPS) is 21.4. The summed E-state index contributed by atoms with van der Waals surface area (Å²) < 4.78 is 5.52. The van der Waals surface area contributed by atoms with Gasteiger partial charge in [0.05, 0.1) is 5.56 Å². The second-order valence-electron chi connectivity index (χ2n) is 7.29. The number of ether oxygens (including phenoxy) is 1. The molecule has 2 fully saturated rings. The minimum Gasteiger partial charge on any atom is -0.381 e. The van der Waals surface area contributed by atoms with Gasteiger partial charge in [-0.3, -0.25) is 14.5 Å². The van der Waals surface area contributed by atoms with Crippen LogP contribution >= 0.6 is 0 Å². The Bertz CT molecular complexity index is 662. The maximum Gasteiger partial charge on any atom is 0.255 e. The summed E-state index contributed by atoms with van der Waals surface area (Å²) in [5, 5.41) is 0. The quantitative estimate of drug-likeness (QED) is 0.889. The molecule has 3 rings (SSSR count). The topological polar surface area (TPSA) is 65.6 Å². The number of H-pyrrole nitrogens is 1. The largest absolute Gasteiger partial charge is 0.381 e. The summed E-state index contributed by atoms with van der Waals surface area (Å²) in [6, 6.07) is 3.12. The number of nitrogens with zero attached hydrogens (tertiary/aromatic N) is 2. The molecule has 24 heavy (non-hydrogen) atoms. The Morgan fingerprint density at radius 2 is 1.96 bits per heavy atom. The van der Waals surface area contributed by atoms with Crippen molar-refractivity contribution in [2.75, 3.05) is 39.9 Å². The fourth-order valence-electron chi connectivity index (χ4n) is 3.83. The predicted octanol–water partition coefficient (Wildman–Crippen LogP) is 1.44. The number of amides is 1. The molecule has 2 aliphatic rings. The van der Waals surface area contributed by atoms with E-state index in [2.05, 4.69) is 16.9 Å². The van der Waals surface area contributed by atoms with E-state index in [9.17, 15) is 9.59 Å². The van der Waals surface area contributed by atoms with Crippen LogP contribution in [0.1, 0.15) is 48.7 Å². The Balaban J connectivity index is 1.86. The van der Waals surface area contributed by atoms with Gasteiger partial charge in [-0.1, -0.05) is 13.8 Å². The van der Waals surface area contributed by atoms with Crippen molar-refractivity contribution in [3.8, 4) is 0 Å². The van der Waals surface area contributed by atoms with E-state index in [0.29, 0.717) is 12.1 Å². The van der Waals surface area contributed by atoms with Gasteiger partial charge in [0.1, 0.15) is 0 Å². The number of hydrogen-bond acceptors (Lipinski definition) is 4. The van der Waals surface area contributed by atoms with Crippen molar-refractivity contribution in [3.63, 3.8) is 0 Å². The fraction of sp³-hybridized carbons (Fsp3) is 0.667. The van der Waals surface area contributed by atoms with Crippen molar-refractivity contribution in [1.82, 2.24) is 14.8 Å². The molecule has 0 unspecified atom stereocenters. The number of rotatable bonds is 2. The molecule has 1 aromatic heterocycles. The van der Waals surface area contributed by atoms with Crippen LogP contribution in [0.2, 0.25) is 0 Å². The van der Waals surface area contributed by atoms with Crippen LogP contribution in [0, 0.1) is 0 Å². The van der Waals surface area contributed by atoms with E-state index in [-0.39, 0.29) is 22.9 Å². The third kappa shape index (κ3) is 3.13. The Kier molecular flexibility index (Phi) is 4.78. The summed E-state index contributed by atoms with van der Waals surface area (Å²) in [4.78, 5) is 31.9. The highest BCUT2D eigenvalue weighted by atomic mass is 16.5. The SMILES string of the molecule is CC(C)c1[nH]c(=O)ccc1C(=O)N1CCN(C)C2(CCOCC2)C1. The van der Waals surface area contributed by atoms with E-state index in [4.69, 9.17) is 4.74 Å². The maximum atomic E-state index is 13.1. The van der Waals surface area contributed by atoms with E-state index >= 15 is 0 Å². The van der Waals surface area contributed by atoms with Gasteiger partial charge < -0.3 is 14.6 Å². The lowest BCUT2D eigenvalue weighted by molar-refractivity contribution is -0.0543. The molecular formula is C18H27N3O3. The molecule has 0 aliphatic carbocycles. The molecule has 1 spiro atoms. The van der Waals surface area contributed by atoms with Crippen LogP contribution in [-0.4, -0.2) is 66.1 Å². The zero-order chi connectivity index (χ0) is 17.3. The molecule has 132 valence electrons. The van der Waals surface area contributed by atoms with E-state index in [1.807, 2.05) is 18.7 Å². The van der Waals surface area contributed by atoms with Crippen LogP contribution in [0.25, 0.3) is 0 Å². The summed E-state index contributed by atoms with van der Waals surface area (Å²) in [6.07, 6.45) is 1.91. The van der Waals surface area contributed by atoms with E-state index in [1.54, 1.807) is 6.07 Å². The van der Waals surface area contributed by atoms with Gasteiger partial charge in [0.15, 0.2) is 0 Å². The summed E-state index contributed by atoms with van der Waals surface area (Å²) in [6.45, 7) is 7.80.